The molecule has 0 aliphatic heterocycles. The maximum atomic E-state index is 12.6. The highest BCUT2D eigenvalue weighted by Crippen LogP contribution is 2.21. The van der Waals surface area contributed by atoms with E-state index in [9.17, 15) is 13.2 Å². The zero-order chi connectivity index (χ0) is 16.9. The van der Waals surface area contributed by atoms with Crippen molar-refractivity contribution in [1.82, 2.24) is 10.3 Å². The number of nitrogens with one attached hydrogen (secondary N) is 1. The molecule has 0 spiro atoms. The van der Waals surface area contributed by atoms with Crippen LogP contribution in [0, 0.1) is 0 Å². The first-order valence-electron chi connectivity index (χ1n) is 7.25. The molecule has 0 bridgehead atoms. The number of nitrogens with zero attached hydrogens (tertiary/aromatic N) is 2. The first-order chi connectivity index (χ1) is 11.0. The molecule has 0 saturated heterocycles. The van der Waals surface area contributed by atoms with Gasteiger partial charge in [0.05, 0.1) is 10.6 Å². The van der Waals surface area contributed by atoms with Gasteiger partial charge in [0.25, 0.3) is 15.9 Å². The van der Waals surface area contributed by atoms with Crippen LogP contribution in [0.4, 0.5) is 5.69 Å². The number of hydrogen-bond donors (Lipinski definition) is 1. The van der Waals surface area contributed by atoms with E-state index in [1.165, 1.54) is 31.4 Å². The maximum absolute atomic E-state index is 12.6. The summed E-state index contributed by atoms with van der Waals surface area (Å²) < 4.78 is 26.3. The highest BCUT2D eigenvalue weighted by atomic mass is 32.2. The lowest BCUT2D eigenvalue weighted by molar-refractivity contribution is 0.0948. The summed E-state index contributed by atoms with van der Waals surface area (Å²) in [4.78, 5) is 16.1. The molecular formula is C16H19N3O3S. The van der Waals surface area contributed by atoms with Crippen LogP contribution in [-0.2, 0) is 10.0 Å². The Labute approximate surface area is 136 Å². The Morgan fingerprint density at radius 3 is 2.57 bits per heavy atom. The fourth-order valence-corrected chi connectivity index (χ4v) is 3.17. The van der Waals surface area contributed by atoms with Gasteiger partial charge in [0.2, 0.25) is 0 Å². The molecular weight excluding hydrogens is 314 g/mol. The van der Waals surface area contributed by atoms with Crippen molar-refractivity contribution in [2.45, 2.75) is 18.2 Å². The van der Waals surface area contributed by atoms with E-state index < -0.39 is 10.0 Å². The fourth-order valence-electron chi connectivity index (χ4n) is 1.96. The van der Waals surface area contributed by atoms with E-state index in [4.69, 9.17) is 0 Å². The molecule has 1 N–H and O–H groups in total. The van der Waals surface area contributed by atoms with E-state index in [-0.39, 0.29) is 16.5 Å². The topological polar surface area (TPSA) is 79.4 Å². The summed E-state index contributed by atoms with van der Waals surface area (Å²) in [5.41, 5.74) is 0.566. The van der Waals surface area contributed by atoms with Crippen molar-refractivity contribution in [3.63, 3.8) is 0 Å². The third-order valence-electron chi connectivity index (χ3n) is 3.28. The standard InChI is InChI=1S/C16H19N3O3S/c1-3-10-18-16(20)15-12-13(9-11-17-15)19(2)23(21,22)14-7-5-4-6-8-14/h4-9,11-12H,3,10H2,1-2H3,(H,18,20). The van der Waals surface area contributed by atoms with Crippen molar-refractivity contribution in [3.8, 4) is 0 Å². The molecule has 1 aromatic carbocycles. The number of aromatic nitrogens is 1. The van der Waals surface area contributed by atoms with E-state index in [2.05, 4.69) is 10.3 Å². The first-order valence-corrected chi connectivity index (χ1v) is 8.69. The van der Waals surface area contributed by atoms with Gasteiger partial charge in [-0.3, -0.25) is 14.1 Å². The number of rotatable bonds is 6. The molecule has 2 rings (SSSR count). The third kappa shape index (κ3) is 3.87. The number of carbonyl (C=O) groups is 1. The Balaban J connectivity index is 2.30. The van der Waals surface area contributed by atoms with Crippen molar-refractivity contribution >= 4 is 21.6 Å². The second-order valence-electron chi connectivity index (χ2n) is 4.94. The van der Waals surface area contributed by atoms with Crippen LogP contribution in [0.25, 0.3) is 0 Å². The van der Waals surface area contributed by atoms with Gasteiger partial charge < -0.3 is 5.32 Å². The van der Waals surface area contributed by atoms with Crippen molar-refractivity contribution in [2.75, 3.05) is 17.9 Å². The minimum Gasteiger partial charge on any atom is -0.351 e. The molecule has 0 unspecified atom stereocenters. The minimum absolute atomic E-state index is 0.186. The molecule has 7 heteroatoms. The largest absolute Gasteiger partial charge is 0.351 e. The van der Waals surface area contributed by atoms with Gasteiger partial charge in [-0.05, 0) is 30.7 Å². The van der Waals surface area contributed by atoms with E-state index in [0.29, 0.717) is 12.2 Å². The van der Waals surface area contributed by atoms with Gasteiger partial charge in [-0.2, -0.15) is 0 Å². The number of carbonyl (C=O) groups excluding carboxylic acids is 1. The van der Waals surface area contributed by atoms with Crippen LogP contribution in [0.15, 0.2) is 53.6 Å². The highest BCUT2D eigenvalue weighted by Gasteiger charge is 2.21. The quantitative estimate of drug-likeness (QED) is 0.877. The third-order valence-corrected chi connectivity index (χ3v) is 5.08. The fraction of sp³-hybridized carbons (Fsp3) is 0.250. The molecule has 2 aromatic rings. The molecule has 0 aliphatic carbocycles. The molecule has 0 fully saturated rings. The summed E-state index contributed by atoms with van der Waals surface area (Å²) in [6.07, 6.45) is 2.24. The first kappa shape index (κ1) is 17.0. The molecule has 122 valence electrons. The van der Waals surface area contributed by atoms with Crippen molar-refractivity contribution < 1.29 is 13.2 Å². The smallest absolute Gasteiger partial charge is 0.269 e. The summed E-state index contributed by atoms with van der Waals surface area (Å²) in [5, 5.41) is 2.72. The Morgan fingerprint density at radius 2 is 1.91 bits per heavy atom. The van der Waals surface area contributed by atoms with Gasteiger partial charge in [0.1, 0.15) is 5.69 Å². The van der Waals surface area contributed by atoms with Crippen LogP contribution >= 0.6 is 0 Å². The summed E-state index contributed by atoms with van der Waals surface area (Å²) in [5.74, 6) is -0.320. The van der Waals surface area contributed by atoms with Crippen LogP contribution in [0.1, 0.15) is 23.8 Å². The monoisotopic (exact) mass is 333 g/mol. The Bertz CT molecular complexity index is 776. The van der Waals surface area contributed by atoms with Gasteiger partial charge in [-0.15, -0.1) is 0 Å². The highest BCUT2D eigenvalue weighted by molar-refractivity contribution is 7.92. The lowest BCUT2D eigenvalue weighted by Gasteiger charge is -2.19. The minimum atomic E-state index is -3.68. The summed E-state index contributed by atoms with van der Waals surface area (Å²) >= 11 is 0. The van der Waals surface area contributed by atoms with Gasteiger partial charge in [0.15, 0.2) is 0 Å². The van der Waals surface area contributed by atoms with Crippen LogP contribution in [-0.4, -0.2) is 32.9 Å². The summed E-state index contributed by atoms with van der Waals surface area (Å²) in [6.45, 7) is 2.49. The van der Waals surface area contributed by atoms with Crippen molar-refractivity contribution in [2.24, 2.45) is 0 Å². The number of benzene rings is 1. The molecule has 1 heterocycles. The van der Waals surface area contributed by atoms with E-state index in [1.54, 1.807) is 24.3 Å². The van der Waals surface area contributed by atoms with E-state index in [0.717, 1.165) is 10.7 Å². The van der Waals surface area contributed by atoms with E-state index in [1.807, 2.05) is 6.92 Å². The second kappa shape index (κ2) is 7.23. The Kier molecular flexibility index (Phi) is 5.33. The molecule has 0 saturated carbocycles. The zero-order valence-corrected chi connectivity index (χ0v) is 13.9. The van der Waals surface area contributed by atoms with Gasteiger partial charge >= 0.3 is 0 Å². The zero-order valence-electron chi connectivity index (χ0n) is 13.1. The average Bonchev–Trinajstić information content (AvgIpc) is 2.59. The molecule has 0 aliphatic rings. The van der Waals surface area contributed by atoms with Gasteiger partial charge in [0, 0.05) is 19.8 Å². The number of pyridine rings is 1. The van der Waals surface area contributed by atoms with Crippen molar-refractivity contribution in [3.05, 3.63) is 54.4 Å². The number of amides is 1. The van der Waals surface area contributed by atoms with Gasteiger partial charge in [-0.25, -0.2) is 8.42 Å². The Hall–Kier alpha value is -2.41. The van der Waals surface area contributed by atoms with Crippen LogP contribution in [0.2, 0.25) is 0 Å². The Morgan fingerprint density at radius 1 is 1.22 bits per heavy atom. The van der Waals surface area contributed by atoms with Crippen LogP contribution in [0.3, 0.4) is 0 Å². The molecule has 0 atom stereocenters. The molecule has 23 heavy (non-hydrogen) atoms. The number of sulfonamides is 1. The van der Waals surface area contributed by atoms with Crippen molar-refractivity contribution in [1.29, 1.82) is 0 Å². The van der Waals surface area contributed by atoms with Crippen LogP contribution < -0.4 is 9.62 Å². The van der Waals surface area contributed by atoms with Crippen LogP contribution in [0.5, 0.6) is 0 Å². The lowest BCUT2D eigenvalue weighted by atomic mass is 10.3. The number of hydrogen-bond acceptors (Lipinski definition) is 4. The summed E-state index contributed by atoms with van der Waals surface area (Å²) in [6, 6.07) is 11.2. The second-order valence-corrected chi connectivity index (χ2v) is 6.91. The molecule has 1 aromatic heterocycles. The predicted octanol–water partition coefficient (Wildman–Crippen LogP) is 2.05. The maximum Gasteiger partial charge on any atom is 0.269 e. The number of anilines is 1. The molecule has 6 nitrogen and oxygen atoms in total. The van der Waals surface area contributed by atoms with Gasteiger partial charge in [-0.1, -0.05) is 25.1 Å². The summed E-state index contributed by atoms with van der Waals surface area (Å²) in [7, 11) is -2.23. The predicted molar refractivity (Wildman–Crippen MR) is 88.9 cm³/mol. The average molecular weight is 333 g/mol. The molecule has 0 radical (unpaired) electrons. The molecule has 1 amide bonds. The lowest BCUT2D eigenvalue weighted by Crippen LogP contribution is -2.28. The van der Waals surface area contributed by atoms with E-state index >= 15 is 0 Å². The SMILES string of the molecule is CCCNC(=O)c1cc(N(C)S(=O)(=O)c2ccccc2)ccn1. The normalized spacial score (nSPS) is 11.0.